The highest BCUT2D eigenvalue weighted by Gasteiger charge is 2.34. The van der Waals surface area contributed by atoms with Gasteiger partial charge in [-0.05, 0) is 90.0 Å². The standard InChI is InChI=1S/C33H50F2N2O9/c1-20(39)44-28(26(19-38)37-30(43)46-32(5,6)7)27(41)13-15-33(8,9)14-12-24(40)18-23(36-29(42)45-31(2,3)4)17-21-16-22(34)10-11-25(21)35/h10-11,16,23,26,28,38H,12-15,17-19H2,1-9H3,(H,36,42)(H,37,43)/t23?,26-,28+/m1/s1. The van der Waals surface area contributed by atoms with E-state index in [9.17, 15) is 37.9 Å². The van der Waals surface area contributed by atoms with Crippen LogP contribution in [-0.4, -0.2) is 70.8 Å². The predicted molar refractivity (Wildman–Crippen MR) is 166 cm³/mol. The summed E-state index contributed by atoms with van der Waals surface area (Å²) in [5.74, 6) is -2.90. The summed E-state index contributed by atoms with van der Waals surface area (Å²) in [6.07, 6.45) is -2.89. The van der Waals surface area contributed by atoms with E-state index >= 15 is 0 Å². The molecule has 3 N–H and O–H groups in total. The topological polar surface area (TPSA) is 157 Å². The number of hydrogen-bond acceptors (Lipinski definition) is 9. The van der Waals surface area contributed by atoms with Crippen molar-refractivity contribution < 1.29 is 52.1 Å². The molecule has 0 aliphatic carbocycles. The molecule has 0 heterocycles. The number of aliphatic hydroxyl groups excluding tert-OH is 1. The number of carbonyl (C=O) groups is 5. The van der Waals surface area contributed by atoms with E-state index in [-0.39, 0.29) is 43.5 Å². The second kappa shape index (κ2) is 17.3. The molecule has 0 bridgehead atoms. The normalized spacial score (nSPS) is 14.0. The average molecular weight is 657 g/mol. The van der Waals surface area contributed by atoms with Crippen molar-refractivity contribution in [3.8, 4) is 0 Å². The molecule has 1 aromatic carbocycles. The Balaban J connectivity index is 2.90. The zero-order chi connectivity index (χ0) is 35.5. The number of ketones is 2. The monoisotopic (exact) mass is 656 g/mol. The molecule has 1 unspecified atom stereocenters. The van der Waals surface area contributed by atoms with Crippen molar-refractivity contribution in [2.75, 3.05) is 6.61 Å². The smallest absolute Gasteiger partial charge is 0.408 e. The van der Waals surface area contributed by atoms with Crippen molar-refractivity contribution in [2.45, 2.75) is 130 Å². The van der Waals surface area contributed by atoms with E-state index in [2.05, 4.69) is 10.6 Å². The Labute approximate surface area is 270 Å². The molecule has 0 fully saturated rings. The van der Waals surface area contributed by atoms with Crippen LogP contribution in [-0.2, 0) is 35.0 Å². The first-order chi connectivity index (χ1) is 21.0. The van der Waals surface area contributed by atoms with Crippen LogP contribution in [0.25, 0.3) is 0 Å². The summed E-state index contributed by atoms with van der Waals surface area (Å²) in [4.78, 5) is 62.6. The summed E-state index contributed by atoms with van der Waals surface area (Å²) in [6, 6.07) is 0.845. The molecule has 11 nitrogen and oxygen atoms in total. The maximum absolute atomic E-state index is 14.4. The zero-order valence-corrected chi connectivity index (χ0v) is 28.4. The number of ether oxygens (including phenoxy) is 3. The quantitative estimate of drug-likeness (QED) is 0.158. The molecular weight excluding hydrogens is 606 g/mol. The number of esters is 1. The molecule has 1 aromatic rings. The number of Topliss-reactive ketones (excluding diaryl/α,β-unsaturated/α-hetero) is 2. The summed E-state index contributed by atoms with van der Waals surface area (Å²) in [5.41, 5.74) is -2.21. The Bertz CT molecular complexity index is 1220. The van der Waals surface area contributed by atoms with E-state index in [4.69, 9.17) is 14.2 Å². The number of amides is 2. The third-order valence-electron chi connectivity index (χ3n) is 6.67. The van der Waals surface area contributed by atoms with Crippen molar-refractivity contribution in [3.63, 3.8) is 0 Å². The van der Waals surface area contributed by atoms with Gasteiger partial charge in [0.2, 0.25) is 0 Å². The van der Waals surface area contributed by atoms with Crippen LogP contribution in [0.4, 0.5) is 18.4 Å². The van der Waals surface area contributed by atoms with Crippen LogP contribution in [0.5, 0.6) is 0 Å². The van der Waals surface area contributed by atoms with Crippen molar-refractivity contribution in [2.24, 2.45) is 5.41 Å². The number of hydrogen-bond donors (Lipinski definition) is 3. The molecule has 0 saturated carbocycles. The van der Waals surface area contributed by atoms with Gasteiger partial charge in [-0.2, -0.15) is 0 Å². The van der Waals surface area contributed by atoms with Crippen LogP contribution in [0.3, 0.4) is 0 Å². The Morgan fingerprint density at radius 2 is 1.39 bits per heavy atom. The molecule has 2 amide bonds. The van der Waals surface area contributed by atoms with Gasteiger partial charge in [0.05, 0.1) is 12.6 Å². The molecule has 0 aliphatic heterocycles. The average Bonchev–Trinajstić information content (AvgIpc) is 2.88. The molecule has 13 heteroatoms. The summed E-state index contributed by atoms with van der Waals surface area (Å²) in [5, 5.41) is 14.8. The highest BCUT2D eigenvalue weighted by molar-refractivity contribution is 5.87. The molecule has 260 valence electrons. The van der Waals surface area contributed by atoms with Gasteiger partial charge in [0, 0.05) is 32.2 Å². The van der Waals surface area contributed by atoms with E-state index in [1.807, 2.05) is 13.8 Å². The SMILES string of the molecule is CC(=O)O[C@H](C(=O)CCC(C)(C)CCC(=O)CC(Cc1cc(F)ccc1F)NC(=O)OC(C)(C)C)[C@@H](CO)NC(=O)OC(C)(C)C. The van der Waals surface area contributed by atoms with Gasteiger partial charge in [0.1, 0.15) is 28.6 Å². The van der Waals surface area contributed by atoms with Crippen LogP contribution >= 0.6 is 0 Å². The van der Waals surface area contributed by atoms with Crippen LogP contribution in [0.2, 0.25) is 0 Å². The van der Waals surface area contributed by atoms with E-state index < -0.39 is 77.0 Å². The predicted octanol–water partition coefficient (Wildman–Crippen LogP) is 5.33. The lowest BCUT2D eigenvalue weighted by molar-refractivity contribution is -0.155. The number of aliphatic hydroxyl groups is 1. The zero-order valence-electron chi connectivity index (χ0n) is 28.4. The van der Waals surface area contributed by atoms with Crippen molar-refractivity contribution in [1.29, 1.82) is 0 Å². The minimum Gasteiger partial charge on any atom is -0.452 e. The van der Waals surface area contributed by atoms with E-state index in [1.165, 1.54) is 0 Å². The maximum atomic E-state index is 14.4. The van der Waals surface area contributed by atoms with E-state index in [0.717, 1.165) is 25.1 Å². The third-order valence-corrected chi connectivity index (χ3v) is 6.67. The molecule has 0 spiro atoms. The first-order valence-electron chi connectivity index (χ1n) is 15.3. The van der Waals surface area contributed by atoms with E-state index in [0.29, 0.717) is 6.42 Å². The van der Waals surface area contributed by atoms with Crippen molar-refractivity contribution in [3.05, 3.63) is 35.4 Å². The van der Waals surface area contributed by atoms with Crippen LogP contribution in [0.15, 0.2) is 18.2 Å². The lowest BCUT2D eigenvalue weighted by Gasteiger charge is -2.29. The number of carbonyl (C=O) groups excluding carboxylic acids is 5. The van der Waals surface area contributed by atoms with Gasteiger partial charge in [-0.3, -0.25) is 14.4 Å². The van der Waals surface area contributed by atoms with Crippen molar-refractivity contribution in [1.82, 2.24) is 10.6 Å². The number of alkyl carbamates (subject to hydrolysis) is 2. The number of benzene rings is 1. The third kappa shape index (κ3) is 16.6. The molecule has 0 radical (unpaired) electrons. The molecular formula is C33H50F2N2O9. The van der Waals surface area contributed by atoms with Gasteiger partial charge in [-0.15, -0.1) is 0 Å². The number of halogens is 2. The lowest BCUT2D eigenvalue weighted by atomic mass is 9.81. The minimum atomic E-state index is -1.46. The summed E-state index contributed by atoms with van der Waals surface area (Å²) >= 11 is 0. The maximum Gasteiger partial charge on any atom is 0.408 e. The van der Waals surface area contributed by atoms with Gasteiger partial charge in [-0.1, -0.05) is 13.8 Å². The Morgan fingerprint density at radius 1 is 0.848 bits per heavy atom. The Hall–Kier alpha value is -3.61. The van der Waals surface area contributed by atoms with Gasteiger partial charge >= 0.3 is 18.2 Å². The highest BCUT2D eigenvalue weighted by Crippen LogP contribution is 2.30. The van der Waals surface area contributed by atoms with Gasteiger partial charge in [0.25, 0.3) is 0 Å². The van der Waals surface area contributed by atoms with Crippen molar-refractivity contribution >= 4 is 29.7 Å². The summed E-state index contributed by atoms with van der Waals surface area (Å²) in [7, 11) is 0. The van der Waals surface area contributed by atoms with E-state index in [1.54, 1.807) is 41.5 Å². The fraction of sp³-hybridized carbons (Fsp3) is 0.667. The second-order valence-electron chi connectivity index (χ2n) is 14.1. The molecule has 0 aliphatic rings. The fourth-order valence-corrected chi connectivity index (χ4v) is 4.42. The van der Waals surface area contributed by atoms with Crippen LogP contribution in [0, 0.1) is 17.0 Å². The van der Waals surface area contributed by atoms with Crippen LogP contribution < -0.4 is 10.6 Å². The first kappa shape index (κ1) is 40.4. The molecule has 1 rings (SSSR count). The van der Waals surface area contributed by atoms with Gasteiger partial charge in [-0.25, -0.2) is 18.4 Å². The molecule has 0 aromatic heterocycles. The summed E-state index contributed by atoms with van der Waals surface area (Å²) < 4.78 is 43.8. The summed E-state index contributed by atoms with van der Waals surface area (Å²) in [6.45, 7) is 14.0. The minimum absolute atomic E-state index is 0.00243. The highest BCUT2D eigenvalue weighted by atomic mass is 19.1. The van der Waals surface area contributed by atoms with Crippen LogP contribution in [0.1, 0.15) is 100.0 Å². The molecule has 46 heavy (non-hydrogen) atoms. The Kier molecular flexibility index (Phi) is 15.2. The van der Waals surface area contributed by atoms with Gasteiger partial charge in [0.15, 0.2) is 11.9 Å². The van der Waals surface area contributed by atoms with Gasteiger partial charge < -0.3 is 30.0 Å². The molecule has 3 atom stereocenters. The molecule has 0 saturated heterocycles. The number of rotatable bonds is 16. The first-order valence-corrected chi connectivity index (χ1v) is 15.3. The lowest BCUT2D eigenvalue weighted by Crippen LogP contribution is -2.52. The largest absolute Gasteiger partial charge is 0.452 e. The second-order valence-corrected chi connectivity index (χ2v) is 14.1. The fourth-order valence-electron chi connectivity index (χ4n) is 4.42. The Morgan fingerprint density at radius 3 is 1.91 bits per heavy atom. The number of nitrogens with one attached hydrogen (secondary N) is 2.